The number of aromatic nitrogens is 3. The zero-order valence-corrected chi connectivity index (χ0v) is 16.0. The molecule has 2 aromatic heterocycles. The van der Waals surface area contributed by atoms with Crippen molar-refractivity contribution < 1.29 is 4.79 Å². The molecule has 0 spiro atoms. The second kappa shape index (κ2) is 6.68. The second-order valence-electron chi connectivity index (χ2n) is 7.50. The number of hydrogen-bond donors (Lipinski definition) is 1. The number of carbonyl (C=O) groups is 1. The minimum Gasteiger partial charge on any atom is -0.340 e. The Morgan fingerprint density at radius 3 is 2.81 bits per heavy atom. The van der Waals surface area contributed by atoms with Crippen molar-refractivity contribution in [2.45, 2.75) is 32.6 Å². The lowest BCUT2D eigenvalue weighted by molar-refractivity contribution is 0.0696. The van der Waals surface area contributed by atoms with Crippen LogP contribution in [0, 0.1) is 13.8 Å². The Morgan fingerprint density at radius 1 is 1.22 bits per heavy atom. The summed E-state index contributed by atoms with van der Waals surface area (Å²) in [6, 6.07) is 9.76. The van der Waals surface area contributed by atoms with E-state index in [2.05, 4.69) is 35.1 Å². The molecule has 1 fully saturated rings. The molecule has 0 aliphatic carbocycles. The molecule has 6 nitrogen and oxygen atoms in total. The van der Waals surface area contributed by atoms with Gasteiger partial charge in [-0.3, -0.25) is 9.59 Å². The molecule has 0 radical (unpaired) electrons. The average molecular weight is 364 g/mol. The summed E-state index contributed by atoms with van der Waals surface area (Å²) in [6.45, 7) is 5.17. The number of piperidine rings is 1. The quantitative estimate of drug-likeness (QED) is 0.760. The van der Waals surface area contributed by atoms with Crippen LogP contribution in [0.25, 0.3) is 10.9 Å². The van der Waals surface area contributed by atoms with Crippen molar-refractivity contribution >= 4 is 16.8 Å². The van der Waals surface area contributed by atoms with Crippen molar-refractivity contribution in [2.24, 2.45) is 7.05 Å². The summed E-state index contributed by atoms with van der Waals surface area (Å²) < 4.78 is 1.97. The fourth-order valence-electron chi connectivity index (χ4n) is 4.05. The minimum absolute atomic E-state index is 0.0395. The van der Waals surface area contributed by atoms with Crippen molar-refractivity contribution in [3.05, 3.63) is 63.5 Å². The van der Waals surface area contributed by atoms with Crippen LogP contribution in [-0.4, -0.2) is 38.4 Å². The maximum Gasteiger partial charge on any atom is 0.270 e. The topological polar surface area (TPSA) is 71.0 Å². The van der Waals surface area contributed by atoms with Gasteiger partial charge in [0.25, 0.3) is 11.5 Å². The van der Waals surface area contributed by atoms with Gasteiger partial charge in [0, 0.05) is 43.0 Å². The number of likely N-dealkylation sites (tertiary alicyclic amines) is 1. The van der Waals surface area contributed by atoms with Gasteiger partial charge in [0.2, 0.25) is 0 Å². The van der Waals surface area contributed by atoms with E-state index >= 15 is 0 Å². The first-order chi connectivity index (χ1) is 12.9. The number of rotatable bonds is 2. The lowest BCUT2D eigenvalue weighted by atomic mass is 9.94. The SMILES string of the molecule is Cc1ccc2c(c1)cc(C(=O)N1CCCC(c3cc(=O)[nH]c(C)n3)C1)n2C. The van der Waals surface area contributed by atoms with Crippen LogP contribution < -0.4 is 5.56 Å². The van der Waals surface area contributed by atoms with E-state index in [0.29, 0.717) is 18.1 Å². The van der Waals surface area contributed by atoms with E-state index < -0.39 is 0 Å². The molecule has 1 aliphatic heterocycles. The van der Waals surface area contributed by atoms with E-state index in [1.165, 1.54) is 5.56 Å². The number of aryl methyl sites for hydroxylation is 3. The van der Waals surface area contributed by atoms with Crippen LogP contribution >= 0.6 is 0 Å². The average Bonchev–Trinajstić information content (AvgIpc) is 2.96. The van der Waals surface area contributed by atoms with Crippen LogP contribution in [0.15, 0.2) is 35.1 Å². The van der Waals surface area contributed by atoms with Crippen molar-refractivity contribution in [1.29, 1.82) is 0 Å². The Labute approximate surface area is 157 Å². The van der Waals surface area contributed by atoms with Gasteiger partial charge < -0.3 is 14.5 Å². The summed E-state index contributed by atoms with van der Waals surface area (Å²) in [4.78, 5) is 34.1. The van der Waals surface area contributed by atoms with Gasteiger partial charge in [0.15, 0.2) is 0 Å². The highest BCUT2D eigenvalue weighted by Crippen LogP contribution is 2.27. The summed E-state index contributed by atoms with van der Waals surface area (Å²) in [6.07, 6.45) is 1.85. The fraction of sp³-hybridized carbons (Fsp3) is 0.381. The maximum atomic E-state index is 13.2. The van der Waals surface area contributed by atoms with Gasteiger partial charge in [-0.1, -0.05) is 11.6 Å². The van der Waals surface area contributed by atoms with E-state index in [1.807, 2.05) is 22.6 Å². The molecular weight excluding hydrogens is 340 g/mol. The van der Waals surface area contributed by atoms with Crippen molar-refractivity contribution in [2.75, 3.05) is 13.1 Å². The van der Waals surface area contributed by atoms with Crippen LogP contribution in [0.4, 0.5) is 0 Å². The predicted octanol–water partition coefficient (Wildman–Crippen LogP) is 2.90. The van der Waals surface area contributed by atoms with Gasteiger partial charge in [0.1, 0.15) is 11.5 Å². The van der Waals surface area contributed by atoms with E-state index in [0.717, 1.165) is 36.0 Å². The molecule has 6 heteroatoms. The molecule has 1 N–H and O–H groups in total. The smallest absolute Gasteiger partial charge is 0.270 e. The highest BCUT2D eigenvalue weighted by atomic mass is 16.2. The van der Waals surface area contributed by atoms with Gasteiger partial charge in [-0.05, 0) is 44.9 Å². The van der Waals surface area contributed by atoms with Gasteiger partial charge in [-0.25, -0.2) is 4.98 Å². The predicted molar refractivity (Wildman–Crippen MR) is 105 cm³/mol. The summed E-state index contributed by atoms with van der Waals surface area (Å²) in [5, 5.41) is 1.08. The zero-order chi connectivity index (χ0) is 19.1. The normalized spacial score (nSPS) is 17.4. The second-order valence-corrected chi connectivity index (χ2v) is 7.50. The van der Waals surface area contributed by atoms with Crippen molar-refractivity contribution in [3.8, 4) is 0 Å². The molecule has 3 aromatic rings. The molecule has 0 saturated carbocycles. The first-order valence-corrected chi connectivity index (χ1v) is 9.35. The number of benzene rings is 1. The number of nitrogens with one attached hydrogen (secondary N) is 1. The number of fused-ring (bicyclic) bond motifs is 1. The first kappa shape index (κ1) is 17.5. The van der Waals surface area contributed by atoms with Gasteiger partial charge >= 0.3 is 0 Å². The minimum atomic E-state index is -0.134. The Kier molecular flexibility index (Phi) is 4.34. The third-order valence-corrected chi connectivity index (χ3v) is 5.42. The van der Waals surface area contributed by atoms with E-state index in [-0.39, 0.29) is 17.4 Å². The number of H-pyrrole nitrogens is 1. The molecule has 1 saturated heterocycles. The van der Waals surface area contributed by atoms with Crippen LogP contribution in [0.3, 0.4) is 0 Å². The largest absolute Gasteiger partial charge is 0.340 e. The number of amides is 1. The molecule has 1 aliphatic rings. The molecule has 27 heavy (non-hydrogen) atoms. The van der Waals surface area contributed by atoms with Crippen LogP contribution in [0.1, 0.15) is 46.3 Å². The number of nitrogens with zero attached hydrogens (tertiary/aromatic N) is 3. The third kappa shape index (κ3) is 3.27. The molecular formula is C21H24N4O2. The highest BCUT2D eigenvalue weighted by molar-refractivity contribution is 5.99. The molecule has 1 amide bonds. The lowest BCUT2D eigenvalue weighted by Crippen LogP contribution is -2.40. The molecule has 3 heterocycles. The Bertz CT molecular complexity index is 1080. The molecule has 4 rings (SSSR count). The Balaban J connectivity index is 1.62. The molecule has 140 valence electrons. The molecule has 1 atom stereocenters. The van der Waals surface area contributed by atoms with Crippen LogP contribution in [0.2, 0.25) is 0 Å². The van der Waals surface area contributed by atoms with E-state index in [4.69, 9.17) is 0 Å². The van der Waals surface area contributed by atoms with Gasteiger partial charge in [0.05, 0.1) is 5.69 Å². The van der Waals surface area contributed by atoms with E-state index in [9.17, 15) is 9.59 Å². The zero-order valence-electron chi connectivity index (χ0n) is 16.0. The van der Waals surface area contributed by atoms with Crippen molar-refractivity contribution in [1.82, 2.24) is 19.4 Å². The van der Waals surface area contributed by atoms with Gasteiger partial charge in [-0.15, -0.1) is 0 Å². The number of carbonyl (C=O) groups excluding carboxylic acids is 1. The highest BCUT2D eigenvalue weighted by Gasteiger charge is 2.28. The Hall–Kier alpha value is -2.89. The number of aromatic amines is 1. The van der Waals surface area contributed by atoms with Crippen LogP contribution in [-0.2, 0) is 7.05 Å². The molecule has 1 unspecified atom stereocenters. The van der Waals surface area contributed by atoms with Gasteiger partial charge in [-0.2, -0.15) is 0 Å². The standard InChI is InChI=1S/C21H24N4O2/c1-13-6-7-18-16(9-13)10-19(24(18)3)21(27)25-8-4-5-15(12-25)17-11-20(26)23-14(2)22-17/h6-7,9-11,15H,4-5,8,12H2,1-3H3,(H,22,23,26). The molecule has 1 aromatic carbocycles. The summed E-state index contributed by atoms with van der Waals surface area (Å²) in [5.41, 5.74) is 3.59. The number of hydrogen-bond acceptors (Lipinski definition) is 3. The lowest BCUT2D eigenvalue weighted by Gasteiger charge is -2.32. The summed E-state index contributed by atoms with van der Waals surface area (Å²) >= 11 is 0. The third-order valence-electron chi connectivity index (χ3n) is 5.42. The van der Waals surface area contributed by atoms with Crippen LogP contribution in [0.5, 0.6) is 0 Å². The monoisotopic (exact) mass is 364 g/mol. The first-order valence-electron chi connectivity index (χ1n) is 9.35. The summed E-state index contributed by atoms with van der Waals surface area (Å²) in [5.74, 6) is 0.753. The fourth-order valence-corrected chi connectivity index (χ4v) is 4.05. The maximum absolute atomic E-state index is 13.2. The Morgan fingerprint density at radius 2 is 2.04 bits per heavy atom. The van der Waals surface area contributed by atoms with Crippen molar-refractivity contribution in [3.63, 3.8) is 0 Å². The summed E-state index contributed by atoms with van der Waals surface area (Å²) in [7, 11) is 1.94. The molecule has 0 bridgehead atoms. The van der Waals surface area contributed by atoms with E-state index in [1.54, 1.807) is 13.0 Å².